The average molecular weight is 993 g/mol. The molecule has 9 heteroatoms. The zero-order valence-electron chi connectivity index (χ0n) is 44.9. The summed E-state index contributed by atoms with van der Waals surface area (Å²) in [5, 5.41) is 54.2. The molecule has 1 fully saturated rings. The Bertz CT molecular complexity index is 1480. The normalized spacial score (nSPS) is 20.1. The van der Waals surface area contributed by atoms with Crippen molar-refractivity contribution in [3.05, 3.63) is 109 Å². The Hall–Kier alpha value is -3.15. The van der Waals surface area contributed by atoms with Crippen molar-refractivity contribution in [1.29, 1.82) is 0 Å². The van der Waals surface area contributed by atoms with Crippen molar-refractivity contribution in [1.82, 2.24) is 5.32 Å². The molecule has 1 aliphatic heterocycles. The number of nitrogens with one attached hydrogen (secondary N) is 1. The first kappa shape index (κ1) is 65.9. The van der Waals surface area contributed by atoms with E-state index in [-0.39, 0.29) is 12.5 Å². The van der Waals surface area contributed by atoms with Crippen LogP contribution in [0.5, 0.6) is 0 Å². The van der Waals surface area contributed by atoms with E-state index < -0.39 is 49.5 Å². The number of hydrogen-bond acceptors (Lipinski definition) is 8. The molecule has 0 aromatic heterocycles. The number of amides is 1. The van der Waals surface area contributed by atoms with Crippen molar-refractivity contribution in [3.8, 4) is 0 Å². The molecule has 0 aromatic carbocycles. The van der Waals surface area contributed by atoms with Crippen LogP contribution in [0, 0.1) is 0 Å². The van der Waals surface area contributed by atoms with Gasteiger partial charge in [0, 0.05) is 6.42 Å². The third-order valence-electron chi connectivity index (χ3n) is 12.9. The van der Waals surface area contributed by atoms with Crippen LogP contribution in [0.4, 0.5) is 0 Å². The molecule has 9 nitrogen and oxygen atoms in total. The largest absolute Gasteiger partial charge is 0.394 e. The summed E-state index contributed by atoms with van der Waals surface area (Å²) >= 11 is 0. The molecular formula is C62H105NO8. The molecule has 0 spiro atoms. The predicted octanol–water partition coefficient (Wildman–Crippen LogP) is 14.2. The summed E-state index contributed by atoms with van der Waals surface area (Å²) in [6, 6.07) is -0.808. The molecule has 1 heterocycles. The average Bonchev–Trinajstić information content (AvgIpc) is 3.37. The summed E-state index contributed by atoms with van der Waals surface area (Å²) in [5.41, 5.74) is 0. The molecule has 0 bridgehead atoms. The number of aliphatic hydroxyl groups is 5. The highest BCUT2D eigenvalue weighted by atomic mass is 16.7. The number of allylic oxidation sites excluding steroid dienone is 17. The minimum atomic E-state index is -1.57. The molecule has 0 aliphatic carbocycles. The van der Waals surface area contributed by atoms with Crippen LogP contribution in [0.1, 0.15) is 219 Å². The molecule has 406 valence electrons. The van der Waals surface area contributed by atoms with E-state index in [1.165, 1.54) is 109 Å². The van der Waals surface area contributed by atoms with Gasteiger partial charge in [0.25, 0.3) is 0 Å². The maximum atomic E-state index is 13.0. The Balaban J connectivity index is 2.07. The highest BCUT2D eigenvalue weighted by molar-refractivity contribution is 5.76. The van der Waals surface area contributed by atoms with Crippen LogP contribution in [0.2, 0.25) is 0 Å². The summed E-state index contributed by atoms with van der Waals surface area (Å²) in [6.45, 7) is 3.62. The van der Waals surface area contributed by atoms with Crippen molar-refractivity contribution in [2.45, 2.75) is 262 Å². The molecule has 71 heavy (non-hydrogen) atoms. The smallest absolute Gasteiger partial charge is 0.220 e. The topological polar surface area (TPSA) is 149 Å². The molecule has 1 rings (SSSR count). The molecule has 1 amide bonds. The van der Waals surface area contributed by atoms with E-state index in [9.17, 15) is 30.3 Å². The van der Waals surface area contributed by atoms with E-state index in [1.807, 2.05) is 6.08 Å². The Labute approximate surface area is 434 Å². The maximum absolute atomic E-state index is 13.0. The predicted molar refractivity (Wildman–Crippen MR) is 299 cm³/mol. The number of carbonyl (C=O) groups excluding carboxylic acids is 1. The standard InChI is InChI=1S/C62H105NO8/c1-3-5-7-9-11-13-14-15-16-17-18-19-20-21-22-23-24-25-26-27-28-29-30-31-32-33-34-35-36-37-38-39-40-41-42-44-46-48-50-52-58(66)63-55(56(65)51-49-47-45-43-12-10-8-6-4-2)54-70-62-61(69)60(68)59(67)57(53-64)71-62/h5,7,11,13,15-16,18-19,21-22,24-25,27-28,30-31,49,51,55-57,59-62,64-65,67-69H,3-4,6,8-10,12,14,17,20,23,26,29,32-48,50,52-54H2,1-2H3,(H,63,66)/b7-5-,13-11-,16-15-,19-18-,22-21-,25-24-,28-27-,31-30-,51-49+. The van der Waals surface area contributed by atoms with Gasteiger partial charge in [0.15, 0.2) is 6.29 Å². The summed E-state index contributed by atoms with van der Waals surface area (Å²) in [5.74, 6) is -0.184. The fraction of sp³-hybridized carbons (Fsp3) is 0.694. The van der Waals surface area contributed by atoms with Crippen LogP contribution in [0.15, 0.2) is 109 Å². The first-order valence-electron chi connectivity index (χ1n) is 28.6. The zero-order valence-corrected chi connectivity index (χ0v) is 44.9. The van der Waals surface area contributed by atoms with Gasteiger partial charge in [-0.25, -0.2) is 0 Å². The highest BCUT2D eigenvalue weighted by Gasteiger charge is 2.44. The van der Waals surface area contributed by atoms with Crippen molar-refractivity contribution in [2.24, 2.45) is 0 Å². The van der Waals surface area contributed by atoms with Gasteiger partial charge < -0.3 is 40.3 Å². The number of rotatable bonds is 47. The molecule has 0 saturated carbocycles. The lowest BCUT2D eigenvalue weighted by molar-refractivity contribution is -0.302. The van der Waals surface area contributed by atoms with Gasteiger partial charge in [-0.15, -0.1) is 0 Å². The Morgan fingerprint density at radius 1 is 0.493 bits per heavy atom. The molecule has 0 radical (unpaired) electrons. The van der Waals surface area contributed by atoms with Crippen LogP contribution in [-0.2, 0) is 14.3 Å². The quantitative estimate of drug-likeness (QED) is 0.0261. The second-order valence-electron chi connectivity index (χ2n) is 19.4. The lowest BCUT2D eigenvalue weighted by Crippen LogP contribution is -2.60. The summed E-state index contributed by atoms with van der Waals surface area (Å²) in [7, 11) is 0. The Kier molecular flexibility index (Phi) is 46.7. The lowest BCUT2D eigenvalue weighted by Gasteiger charge is -2.40. The van der Waals surface area contributed by atoms with Crippen LogP contribution < -0.4 is 5.32 Å². The molecular weight excluding hydrogens is 887 g/mol. The minimum absolute atomic E-state index is 0.184. The second kappa shape index (κ2) is 50.4. The Morgan fingerprint density at radius 2 is 0.873 bits per heavy atom. The van der Waals surface area contributed by atoms with Gasteiger partial charge in [-0.3, -0.25) is 4.79 Å². The van der Waals surface area contributed by atoms with Crippen LogP contribution >= 0.6 is 0 Å². The monoisotopic (exact) mass is 992 g/mol. The maximum Gasteiger partial charge on any atom is 0.220 e. The van der Waals surface area contributed by atoms with Crippen molar-refractivity contribution >= 4 is 5.91 Å². The van der Waals surface area contributed by atoms with E-state index >= 15 is 0 Å². The van der Waals surface area contributed by atoms with Gasteiger partial charge in [-0.05, 0) is 83.5 Å². The van der Waals surface area contributed by atoms with Crippen LogP contribution in [-0.4, -0.2) is 87.5 Å². The Morgan fingerprint density at radius 3 is 1.30 bits per heavy atom. The lowest BCUT2D eigenvalue weighted by atomic mass is 9.99. The fourth-order valence-electron chi connectivity index (χ4n) is 8.35. The van der Waals surface area contributed by atoms with Crippen molar-refractivity contribution in [2.75, 3.05) is 13.2 Å². The van der Waals surface area contributed by atoms with Gasteiger partial charge in [-0.1, -0.05) is 239 Å². The SMILES string of the molecule is CC/C=C\C/C=C\C/C=C\C/C=C\C/C=C\C/C=C\C/C=C\C/C=C\CCCCCCCCCCCCCCCCC(=O)NC(COC1OC(CO)C(O)C(O)C1O)C(O)/C=C/CCCCCCCCC. The number of ether oxygens (including phenoxy) is 2. The van der Waals surface area contributed by atoms with Gasteiger partial charge in [0.1, 0.15) is 24.4 Å². The molecule has 7 unspecified atom stereocenters. The van der Waals surface area contributed by atoms with Crippen LogP contribution in [0.3, 0.4) is 0 Å². The summed E-state index contributed by atoms with van der Waals surface area (Å²) in [6.07, 6.45) is 67.5. The summed E-state index contributed by atoms with van der Waals surface area (Å²) < 4.78 is 11.2. The van der Waals surface area contributed by atoms with Crippen molar-refractivity contribution in [3.63, 3.8) is 0 Å². The van der Waals surface area contributed by atoms with E-state index in [1.54, 1.807) is 6.08 Å². The first-order valence-corrected chi connectivity index (χ1v) is 28.6. The second-order valence-corrected chi connectivity index (χ2v) is 19.4. The van der Waals surface area contributed by atoms with Gasteiger partial charge in [0.2, 0.25) is 5.91 Å². The molecule has 1 aliphatic rings. The van der Waals surface area contributed by atoms with E-state index in [2.05, 4.69) is 116 Å². The van der Waals surface area contributed by atoms with E-state index in [0.29, 0.717) is 6.42 Å². The number of carbonyl (C=O) groups is 1. The van der Waals surface area contributed by atoms with Gasteiger partial charge >= 0.3 is 0 Å². The molecule has 0 aromatic rings. The fourth-order valence-corrected chi connectivity index (χ4v) is 8.35. The third-order valence-corrected chi connectivity index (χ3v) is 12.9. The number of aliphatic hydroxyl groups excluding tert-OH is 5. The molecule has 6 N–H and O–H groups in total. The zero-order chi connectivity index (χ0) is 51.5. The van der Waals surface area contributed by atoms with Crippen molar-refractivity contribution < 1.29 is 39.8 Å². The van der Waals surface area contributed by atoms with Gasteiger partial charge in [0.05, 0.1) is 25.4 Å². The van der Waals surface area contributed by atoms with E-state index in [4.69, 9.17) is 9.47 Å². The highest BCUT2D eigenvalue weighted by Crippen LogP contribution is 2.23. The van der Waals surface area contributed by atoms with Gasteiger partial charge in [-0.2, -0.15) is 0 Å². The number of unbranched alkanes of at least 4 members (excludes halogenated alkanes) is 21. The molecule has 7 atom stereocenters. The summed E-state index contributed by atoms with van der Waals surface area (Å²) in [4.78, 5) is 13.0. The minimum Gasteiger partial charge on any atom is -0.394 e. The third kappa shape index (κ3) is 40.0. The first-order chi connectivity index (χ1) is 34.8. The van der Waals surface area contributed by atoms with Crippen LogP contribution in [0.25, 0.3) is 0 Å². The van der Waals surface area contributed by atoms with E-state index in [0.717, 1.165) is 89.9 Å². The molecule has 1 saturated heterocycles. The number of hydrogen-bond donors (Lipinski definition) is 6.